The van der Waals surface area contributed by atoms with Gasteiger partial charge in [0.2, 0.25) is 11.8 Å². The third-order valence-corrected chi connectivity index (χ3v) is 2.52. The van der Waals surface area contributed by atoms with Crippen molar-refractivity contribution in [3.05, 3.63) is 24.3 Å². The summed E-state index contributed by atoms with van der Waals surface area (Å²) in [6, 6.07) is 7.04. The molecule has 0 heterocycles. The van der Waals surface area contributed by atoms with E-state index in [9.17, 15) is 9.59 Å². The molecular weight excluding hydrogens is 258 g/mol. The highest BCUT2D eigenvalue weighted by atomic mass is 16.5. The topological polar surface area (TPSA) is 79.5 Å². The minimum Gasteiger partial charge on any atom is -0.497 e. The number of nitrogens with one attached hydrogen (secondary N) is 3. The highest BCUT2D eigenvalue weighted by Gasteiger charge is 2.04. The number of amides is 2. The molecule has 0 radical (unpaired) electrons. The summed E-state index contributed by atoms with van der Waals surface area (Å²) in [6.07, 6.45) is 0.893. The molecule has 0 saturated carbocycles. The Morgan fingerprint density at radius 1 is 1.10 bits per heavy atom. The largest absolute Gasteiger partial charge is 0.497 e. The Morgan fingerprint density at radius 2 is 1.75 bits per heavy atom. The van der Waals surface area contributed by atoms with Crippen LogP contribution in [0.5, 0.6) is 5.75 Å². The van der Waals surface area contributed by atoms with Crippen LogP contribution in [0.15, 0.2) is 24.3 Å². The predicted molar refractivity (Wildman–Crippen MR) is 77.8 cm³/mol. The van der Waals surface area contributed by atoms with Crippen molar-refractivity contribution >= 4 is 17.5 Å². The standard InChI is InChI=1S/C14H21N3O3/c1-3-8-16-13(18)9-15-10-14(19)17-11-4-6-12(20-2)7-5-11/h4-7,15H,3,8-10H2,1-2H3,(H,16,18)(H,17,19). The molecule has 0 fully saturated rings. The number of anilines is 1. The van der Waals surface area contributed by atoms with Gasteiger partial charge in [-0.2, -0.15) is 0 Å². The minimum absolute atomic E-state index is 0.0889. The molecule has 110 valence electrons. The average molecular weight is 279 g/mol. The van der Waals surface area contributed by atoms with Gasteiger partial charge >= 0.3 is 0 Å². The molecule has 1 rings (SSSR count). The lowest BCUT2D eigenvalue weighted by atomic mass is 10.3. The number of benzene rings is 1. The molecule has 0 aromatic heterocycles. The van der Waals surface area contributed by atoms with Gasteiger partial charge < -0.3 is 15.4 Å². The molecule has 0 spiro atoms. The van der Waals surface area contributed by atoms with Gasteiger partial charge in [0, 0.05) is 12.2 Å². The second kappa shape index (κ2) is 8.92. The summed E-state index contributed by atoms with van der Waals surface area (Å²) in [6.45, 7) is 2.86. The van der Waals surface area contributed by atoms with E-state index < -0.39 is 0 Å². The van der Waals surface area contributed by atoms with Crippen molar-refractivity contribution in [2.24, 2.45) is 0 Å². The van der Waals surface area contributed by atoms with Gasteiger partial charge in [-0.25, -0.2) is 0 Å². The Kier molecular flexibility index (Phi) is 7.13. The van der Waals surface area contributed by atoms with Crippen LogP contribution >= 0.6 is 0 Å². The molecule has 0 aliphatic carbocycles. The maximum absolute atomic E-state index is 11.6. The summed E-state index contributed by atoms with van der Waals surface area (Å²) in [7, 11) is 1.58. The van der Waals surface area contributed by atoms with Gasteiger partial charge in [0.05, 0.1) is 20.2 Å². The van der Waals surface area contributed by atoms with E-state index in [1.165, 1.54) is 0 Å². The van der Waals surface area contributed by atoms with Crippen LogP contribution in [0.4, 0.5) is 5.69 Å². The number of ether oxygens (including phenoxy) is 1. The molecule has 20 heavy (non-hydrogen) atoms. The van der Waals surface area contributed by atoms with Crippen LogP contribution in [-0.2, 0) is 9.59 Å². The fraction of sp³-hybridized carbons (Fsp3) is 0.429. The van der Waals surface area contributed by atoms with Gasteiger partial charge in [0.1, 0.15) is 5.75 Å². The first-order valence-electron chi connectivity index (χ1n) is 6.57. The molecule has 1 aromatic carbocycles. The van der Waals surface area contributed by atoms with Crippen LogP contribution in [0, 0.1) is 0 Å². The number of hydrogen-bond acceptors (Lipinski definition) is 4. The highest BCUT2D eigenvalue weighted by Crippen LogP contribution is 2.14. The van der Waals surface area contributed by atoms with E-state index in [0.29, 0.717) is 12.2 Å². The highest BCUT2D eigenvalue weighted by molar-refractivity contribution is 5.92. The van der Waals surface area contributed by atoms with E-state index in [0.717, 1.165) is 12.2 Å². The summed E-state index contributed by atoms with van der Waals surface area (Å²) >= 11 is 0. The van der Waals surface area contributed by atoms with Gasteiger partial charge in [-0.3, -0.25) is 14.9 Å². The summed E-state index contributed by atoms with van der Waals surface area (Å²) in [5, 5.41) is 8.23. The van der Waals surface area contributed by atoms with Crippen LogP contribution < -0.4 is 20.7 Å². The maximum Gasteiger partial charge on any atom is 0.238 e. The Labute approximate surface area is 118 Å². The normalized spacial score (nSPS) is 9.90. The summed E-state index contributed by atoms with van der Waals surface area (Å²) < 4.78 is 5.03. The molecule has 2 amide bonds. The number of rotatable bonds is 8. The molecule has 6 heteroatoms. The Morgan fingerprint density at radius 3 is 2.35 bits per heavy atom. The Hall–Kier alpha value is -2.08. The Balaban J connectivity index is 2.24. The molecular formula is C14H21N3O3. The number of methoxy groups -OCH3 is 1. The zero-order valence-electron chi connectivity index (χ0n) is 11.9. The van der Waals surface area contributed by atoms with E-state index in [1.54, 1.807) is 31.4 Å². The predicted octanol–water partition coefficient (Wildman–Crippen LogP) is 0.749. The summed E-state index contributed by atoms with van der Waals surface area (Å²) in [5.74, 6) is 0.427. The molecule has 6 nitrogen and oxygen atoms in total. The molecule has 0 aliphatic rings. The van der Waals surface area contributed by atoms with Crippen molar-refractivity contribution in [3.63, 3.8) is 0 Å². The van der Waals surface area contributed by atoms with Gasteiger partial charge in [0.25, 0.3) is 0 Å². The van der Waals surface area contributed by atoms with Crippen molar-refractivity contribution in [3.8, 4) is 5.75 Å². The zero-order valence-corrected chi connectivity index (χ0v) is 11.9. The van der Waals surface area contributed by atoms with Crippen molar-refractivity contribution < 1.29 is 14.3 Å². The van der Waals surface area contributed by atoms with E-state index in [4.69, 9.17) is 4.74 Å². The lowest BCUT2D eigenvalue weighted by Crippen LogP contribution is -2.37. The second-order valence-electron chi connectivity index (χ2n) is 4.23. The van der Waals surface area contributed by atoms with Gasteiger partial charge in [-0.1, -0.05) is 6.92 Å². The van der Waals surface area contributed by atoms with Crippen LogP contribution in [0.3, 0.4) is 0 Å². The van der Waals surface area contributed by atoms with Gasteiger partial charge in [-0.15, -0.1) is 0 Å². The number of carbonyl (C=O) groups is 2. The lowest BCUT2D eigenvalue weighted by molar-refractivity contribution is -0.120. The van der Waals surface area contributed by atoms with Crippen LogP contribution in [-0.4, -0.2) is 38.6 Å². The smallest absolute Gasteiger partial charge is 0.238 e. The quantitative estimate of drug-likeness (QED) is 0.656. The van der Waals surface area contributed by atoms with Gasteiger partial charge in [0.15, 0.2) is 0 Å². The Bertz CT molecular complexity index is 432. The fourth-order valence-electron chi connectivity index (χ4n) is 1.50. The molecule has 0 bridgehead atoms. The first-order valence-corrected chi connectivity index (χ1v) is 6.57. The van der Waals surface area contributed by atoms with E-state index in [-0.39, 0.29) is 24.9 Å². The second-order valence-corrected chi connectivity index (χ2v) is 4.23. The lowest BCUT2D eigenvalue weighted by Gasteiger charge is -2.07. The SMILES string of the molecule is CCCNC(=O)CNCC(=O)Nc1ccc(OC)cc1. The van der Waals surface area contributed by atoms with Crippen molar-refractivity contribution in [1.82, 2.24) is 10.6 Å². The summed E-state index contributed by atoms with van der Waals surface area (Å²) in [5.41, 5.74) is 0.688. The molecule has 0 unspecified atom stereocenters. The first-order chi connectivity index (χ1) is 9.65. The van der Waals surface area contributed by atoms with Crippen LogP contribution in [0.2, 0.25) is 0 Å². The van der Waals surface area contributed by atoms with E-state index >= 15 is 0 Å². The summed E-state index contributed by atoms with van der Waals surface area (Å²) in [4.78, 5) is 22.9. The van der Waals surface area contributed by atoms with Crippen molar-refractivity contribution in [2.75, 3.05) is 32.1 Å². The molecule has 0 atom stereocenters. The maximum atomic E-state index is 11.6. The average Bonchev–Trinajstić information content (AvgIpc) is 2.46. The zero-order chi connectivity index (χ0) is 14.8. The third-order valence-electron chi connectivity index (χ3n) is 2.52. The third kappa shape index (κ3) is 6.19. The molecule has 1 aromatic rings. The number of carbonyl (C=O) groups excluding carboxylic acids is 2. The van der Waals surface area contributed by atoms with Crippen molar-refractivity contribution in [1.29, 1.82) is 0 Å². The molecule has 0 aliphatic heterocycles. The van der Waals surface area contributed by atoms with E-state index in [2.05, 4.69) is 16.0 Å². The van der Waals surface area contributed by atoms with E-state index in [1.807, 2.05) is 6.92 Å². The van der Waals surface area contributed by atoms with Gasteiger partial charge in [-0.05, 0) is 30.7 Å². The molecule has 0 saturated heterocycles. The monoisotopic (exact) mass is 279 g/mol. The minimum atomic E-state index is -0.196. The van der Waals surface area contributed by atoms with Crippen LogP contribution in [0.25, 0.3) is 0 Å². The fourth-order valence-corrected chi connectivity index (χ4v) is 1.50. The molecule has 3 N–H and O–H groups in total. The van der Waals surface area contributed by atoms with Crippen LogP contribution in [0.1, 0.15) is 13.3 Å². The first kappa shape index (κ1) is 16.0. The number of hydrogen-bond donors (Lipinski definition) is 3. The van der Waals surface area contributed by atoms with Crippen molar-refractivity contribution in [2.45, 2.75) is 13.3 Å².